The lowest BCUT2D eigenvalue weighted by Crippen LogP contribution is -2.19. The lowest BCUT2D eigenvalue weighted by molar-refractivity contribution is 0.507. The third-order valence-electron chi connectivity index (χ3n) is 3.14. The molecule has 2 aromatic rings. The first-order chi connectivity index (χ1) is 10.1. The van der Waals surface area contributed by atoms with Crippen LogP contribution in [-0.2, 0) is 26.2 Å². The summed E-state index contributed by atoms with van der Waals surface area (Å²) in [6.45, 7) is 0.369. The molecule has 0 N–H and O–H groups in total. The van der Waals surface area contributed by atoms with Crippen molar-refractivity contribution in [3.05, 3.63) is 42.4 Å². The number of sulfone groups is 2. The van der Waals surface area contributed by atoms with Crippen molar-refractivity contribution in [3.63, 3.8) is 0 Å². The maximum absolute atomic E-state index is 12.0. The van der Waals surface area contributed by atoms with Crippen LogP contribution in [0.2, 0.25) is 0 Å². The zero-order valence-corrected chi connectivity index (χ0v) is 14.1. The lowest BCUT2D eigenvalue weighted by Gasteiger charge is -2.21. The van der Waals surface area contributed by atoms with Gasteiger partial charge in [0.15, 0.2) is 19.7 Å². The molecule has 120 valence electrons. The molecule has 0 spiro atoms. The summed E-state index contributed by atoms with van der Waals surface area (Å²) >= 11 is 0. The molecule has 6 nitrogen and oxygen atoms in total. The molecule has 0 fully saturated rings. The van der Waals surface area contributed by atoms with Crippen molar-refractivity contribution < 1.29 is 21.3 Å². The van der Waals surface area contributed by atoms with Gasteiger partial charge in [0.1, 0.15) is 5.76 Å². The monoisotopic (exact) mass is 343 g/mol. The molecular weight excluding hydrogens is 326 g/mol. The summed E-state index contributed by atoms with van der Waals surface area (Å²) in [5.41, 5.74) is 0.423. The molecule has 0 atom stereocenters. The predicted molar refractivity (Wildman–Crippen MR) is 83.5 cm³/mol. The van der Waals surface area contributed by atoms with Gasteiger partial charge < -0.3 is 9.32 Å². The van der Waals surface area contributed by atoms with Crippen LogP contribution in [-0.4, -0.2) is 36.4 Å². The van der Waals surface area contributed by atoms with Crippen LogP contribution in [0.1, 0.15) is 5.76 Å². The Kier molecular flexibility index (Phi) is 4.35. The Balaban J connectivity index is 2.51. The van der Waals surface area contributed by atoms with Crippen molar-refractivity contribution in [2.75, 3.05) is 24.5 Å². The van der Waals surface area contributed by atoms with Crippen molar-refractivity contribution in [3.8, 4) is 0 Å². The normalized spacial score (nSPS) is 12.3. The summed E-state index contributed by atoms with van der Waals surface area (Å²) in [5, 5.41) is 0. The Bertz CT molecular complexity index is 868. The van der Waals surface area contributed by atoms with Crippen LogP contribution >= 0.6 is 0 Å². The summed E-state index contributed by atoms with van der Waals surface area (Å²) in [5.74, 6) is 0.675. The fraction of sp³-hybridized carbons (Fsp3) is 0.286. The van der Waals surface area contributed by atoms with Crippen LogP contribution in [0.3, 0.4) is 0 Å². The van der Waals surface area contributed by atoms with Gasteiger partial charge in [-0.2, -0.15) is 0 Å². The van der Waals surface area contributed by atoms with Gasteiger partial charge in [0.2, 0.25) is 0 Å². The summed E-state index contributed by atoms with van der Waals surface area (Å²) in [4.78, 5) is 1.65. The highest BCUT2D eigenvalue weighted by Crippen LogP contribution is 2.28. The Morgan fingerprint density at radius 3 is 2.23 bits per heavy atom. The van der Waals surface area contributed by atoms with Gasteiger partial charge in [-0.3, -0.25) is 0 Å². The van der Waals surface area contributed by atoms with Gasteiger partial charge in [-0.15, -0.1) is 0 Å². The van der Waals surface area contributed by atoms with E-state index in [-0.39, 0.29) is 9.79 Å². The van der Waals surface area contributed by atoms with E-state index in [0.717, 1.165) is 12.5 Å². The van der Waals surface area contributed by atoms with E-state index in [1.807, 2.05) is 0 Å². The largest absolute Gasteiger partial charge is 0.467 e. The molecule has 0 radical (unpaired) electrons. The second-order valence-corrected chi connectivity index (χ2v) is 9.11. The van der Waals surface area contributed by atoms with E-state index >= 15 is 0 Å². The van der Waals surface area contributed by atoms with Crippen LogP contribution in [0.5, 0.6) is 0 Å². The average Bonchev–Trinajstić information content (AvgIpc) is 2.88. The standard InChI is InChI=1S/C14H17NO5S2/c1-15(10-11-5-4-8-20-11)13-7-6-12(21(2,16)17)9-14(13)22(3,18)19/h4-9H,10H2,1-3H3. The van der Waals surface area contributed by atoms with Crippen LogP contribution in [0.4, 0.5) is 5.69 Å². The maximum Gasteiger partial charge on any atom is 0.177 e. The number of nitrogens with zero attached hydrogens (tertiary/aromatic N) is 1. The molecule has 0 saturated heterocycles. The van der Waals surface area contributed by atoms with E-state index in [4.69, 9.17) is 4.42 Å². The van der Waals surface area contributed by atoms with Crippen LogP contribution in [0.25, 0.3) is 0 Å². The van der Waals surface area contributed by atoms with E-state index < -0.39 is 19.7 Å². The number of furan rings is 1. The van der Waals surface area contributed by atoms with Gasteiger partial charge in [-0.25, -0.2) is 16.8 Å². The van der Waals surface area contributed by atoms with Gasteiger partial charge in [-0.05, 0) is 30.3 Å². The lowest BCUT2D eigenvalue weighted by atomic mass is 10.3. The van der Waals surface area contributed by atoms with E-state index in [1.165, 1.54) is 24.5 Å². The molecule has 0 bridgehead atoms. The topological polar surface area (TPSA) is 84.7 Å². The van der Waals surface area contributed by atoms with Crippen molar-refractivity contribution >= 4 is 25.4 Å². The molecule has 1 aromatic heterocycles. The molecule has 0 aliphatic heterocycles. The van der Waals surface area contributed by atoms with Gasteiger partial charge in [0.05, 0.1) is 28.3 Å². The molecule has 2 rings (SSSR count). The van der Waals surface area contributed by atoms with Crippen molar-refractivity contribution in [1.82, 2.24) is 0 Å². The Labute approximate surface area is 130 Å². The van der Waals surface area contributed by atoms with E-state index in [1.54, 1.807) is 24.1 Å². The van der Waals surface area contributed by atoms with E-state index in [0.29, 0.717) is 18.0 Å². The molecular formula is C14H17NO5S2. The number of anilines is 1. The zero-order valence-electron chi connectivity index (χ0n) is 12.5. The number of benzene rings is 1. The van der Waals surface area contributed by atoms with Crippen molar-refractivity contribution in [1.29, 1.82) is 0 Å². The molecule has 0 unspecified atom stereocenters. The minimum absolute atomic E-state index is 0.0236. The number of hydrogen-bond acceptors (Lipinski definition) is 6. The summed E-state index contributed by atoms with van der Waals surface area (Å²) in [7, 11) is -5.34. The second-order valence-electron chi connectivity index (χ2n) is 5.11. The molecule has 0 saturated carbocycles. The SMILES string of the molecule is CN(Cc1ccco1)c1ccc(S(C)(=O)=O)cc1S(C)(=O)=O. The maximum atomic E-state index is 12.0. The van der Waals surface area contributed by atoms with E-state index in [9.17, 15) is 16.8 Å². The van der Waals surface area contributed by atoms with E-state index in [2.05, 4.69) is 0 Å². The first kappa shape index (κ1) is 16.6. The zero-order chi connectivity index (χ0) is 16.5. The minimum Gasteiger partial charge on any atom is -0.467 e. The first-order valence-electron chi connectivity index (χ1n) is 6.37. The highest BCUT2D eigenvalue weighted by molar-refractivity contribution is 7.91. The summed E-state index contributed by atoms with van der Waals surface area (Å²) < 4.78 is 52.5. The van der Waals surface area contributed by atoms with Crippen LogP contribution in [0, 0.1) is 0 Å². The molecule has 8 heteroatoms. The third-order valence-corrected chi connectivity index (χ3v) is 5.38. The first-order valence-corrected chi connectivity index (χ1v) is 10.1. The predicted octanol–water partition coefficient (Wildman–Crippen LogP) is 1.72. The van der Waals surface area contributed by atoms with Crippen molar-refractivity contribution in [2.24, 2.45) is 0 Å². The van der Waals surface area contributed by atoms with Crippen molar-refractivity contribution in [2.45, 2.75) is 16.3 Å². The highest BCUT2D eigenvalue weighted by atomic mass is 32.2. The number of rotatable bonds is 5. The Morgan fingerprint density at radius 2 is 1.73 bits per heavy atom. The Hall–Kier alpha value is -1.80. The fourth-order valence-corrected chi connectivity index (χ4v) is 3.73. The van der Waals surface area contributed by atoms with Crippen LogP contribution in [0.15, 0.2) is 50.8 Å². The molecule has 22 heavy (non-hydrogen) atoms. The molecule has 0 aliphatic carbocycles. The quantitative estimate of drug-likeness (QED) is 0.822. The van der Waals surface area contributed by atoms with Gasteiger partial charge in [-0.1, -0.05) is 0 Å². The second kappa shape index (κ2) is 5.77. The smallest absolute Gasteiger partial charge is 0.177 e. The number of hydrogen-bond donors (Lipinski definition) is 0. The average molecular weight is 343 g/mol. The van der Waals surface area contributed by atoms with Gasteiger partial charge >= 0.3 is 0 Å². The molecule has 0 amide bonds. The molecule has 0 aliphatic rings. The van der Waals surface area contributed by atoms with Gasteiger partial charge in [0.25, 0.3) is 0 Å². The fourth-order valence-electron chi connectivity index (χ4n) is 2.06. The Morgan fingerprint density at radius 1 is 1.05 bits per heavy atom. The summed E-state index contributed by atoms with van der Waals surface area (Å²) in [6.07, 6.45) is 3.63. The van der Waals surface area contributed by atoms with Gasteiger partial charge in [0, 0.05) is 19.6 Å². The molecule has 1 heterocycles. The van der Waals surface area contributed by atoms with Crippen LogP contribution < -0.4 is 4.90 Å². The summed E-state index contributed by atoms with van der Waals surface area (Å²) in [6, 6.07) is 7.61. The minimum atomic E-state index is -3.58. The highest BCUT2D eigenvalue weighted by Gasteiger charge is 2.20. The molecule has 1 aromatic carbocycles. The third kappa shape index (κ3) is 3.69.